The van der Waals surface area contributed by atoms with Gasteiger partial charge in [0.2, 0.25) is 0 Å². The molecule has 0 bridgehead atoms. The predicted octanol–water partition coefficient (Wildman–Crippen LogP) is 3.47. The Bertz CT molecular complexity index is 435. The van der Waals surface area contributed by atoms with Gasteiger partial charge < -0.3 is 0 Å². The average molecular weight is 240 g/mol. The van der Waals surface area contributed by atoms with E-state index in [0.717, 1.165) is 19.5 Å². The van der Waals surface area contributed by atoms with Crippen molar-refractivity contribution in [2.24, 2.45) is 5.92 Å². The zero-order chi connectivity index (χ0) is 12.4. The van der Waals surface area contributed by atoms with Gasteiger partial charge >= 0.3 is 0 Å². The van der Waals surface area contributed by atoms with E-state index >= 15 is 0 Å². The normalized spacial score (nSPS) is 28.4. The van der Waals surface area contributed by atoms with Crippen molar-refractivity contribution in [3.05, 3.63) is 35.4 Å². The molecule has 94 valence electrons. The van der Waals surface area contributed by atoms with Crippen molar-refractivity contribution in [3.8, 4) is 6.07 Å². The number of hydrogen-bond donors (Lipinski definition) is 0. The van der Waals surface area contributed by atoms with Crippen LogP contribution in [0.2, 0.25) is 0 Å². The van der Waals surface area contributed by atoms with Gasteiger partial charge in [-0.1, -0.05) is 43.5 Å². The molecule has 1 saturated carbocycles. The lowest BCUT2D eigenvalue weighted by Crippen LogP contribution is -2.36. The van der Waals surface area contributed by atoms with E-state index in [1.165, 1.54) is 36.8 Å². The minimum Gasteiger partial charge on any atom is -0.291 e. The van der Waals surface area contributed by atoms with Crippen LogP contribution in [0.15, 0.2) is 24.3 Å². The van der Waals surface area contributed by atoms with E-state index in [1.807, 2.05) is 0 Å². The molecule has 3 rings (SSSR count). The van der Waals surface area contributed by atoms with Crippen LogP contribution in [0.5, 0.6) is 0 Å². The highest BCUT2D eigenvalue weighted by Crippen LogP contribution is 2.32. The van der Waals surface area contributed by atoms with Crippen LogP contribution in [0.3, 0.4) is 0 Å². The number of nitrogens with zero attached hydrogens (tertiary/aromatic N) is 2. The monoisotopic (exact) mass is 240 g/mol. The molecule has 1 fully saturated rings. The van der Waals surface area contributed by atoms with E-state index in [1.54, 1.807) is 0 Å². The van der Waals surface area contributed by atoms with Gasteiger partial charge in [0, 0.05) is 19.1 Å². The molecule has 1 aliphatic heterocycles. The maximum Gasteiger partial charge on any atom is 0.0672 e. The Morgan fingerprint density at radius 2 is 1.67 bits per heavy atom. The first-order chi connectivity index (χ1) is 8.88. The summed E-state index contributed by atoms with van der Waals surface area (Å²) in [6.45, 7) is 2.08. The quantitative estimate of drug-likeness (QED) is 0.703. The molecule has 0 saturated heterocycles. The van der Waals surface area contributed by atoms with Gasteiger partial charge in [0.1, 0.15) is 0 Å². The van der Waals surface area contributed by atoms with Gasteiger partial charge in [-0.25, -0.2) is 0 Å². The van der Waals surface area contributed by atoms with Crippen LogP contribution in [0.25, 0.3) is 0 Å². The van der Waals surface area contributed by atoms with E-state index in [4.69, 9.17) is 0 Å². The topological polar surface area (TPSA) is 27.0 Å². The lowest BCUT2D eigenvalue weighted by atomic mass is 9.95. The number of fused-ring (bicyclic) bond motifs is 1. The van der Waals surface area contributed by atoms with E-state index in [0.29, 0.717) is 6.04 Å². The van der Waals surface area contributed by atoms with Crippen molar-refractivity contribution in [3.63, 3.8) is 0 Å². The molecule has 1 aromatic carbocycles. The fourth-order valence-electron chi connectivity index (χ4n) is 3.47. The molecule has 2 atom stereocenters. The third-order valence-corrected chi connectivity index (χ3v) is 4.48. The standard InChI is InChI=1S/C16H20N2/c17-10-13-6-2-1-3-9-16(13)18-11-14-7-4-5-8-15(14)12-18/h4-5,7-8,13,16H,1-3,6,9,11-12H2. The Labute approximate surface area is 109 Å². The number of rotatable bonds is 1. The summed E-state index contributed by atoms with van der Waals surface area (Å²) in [6, 6.07) is 11.7. The van der Waals surface area contributed by atoms with Crippen LogP contribution in [0, 0.1) is 17.2 Å². The van der Waals surface area contributed by atoms with E-state index in [2.05, 4.69) is 35.2 Å². The Morgan fingerprint density at radius 1 is 1.00 bits per heavy atom. The summed E-state index contributed by atoms with van der Waals surface area (Å²) in [5.74, 6) is 0.238. The van der Waals surface area contributed by atoms with E-state index in [9.17, 15) is 5.26 Å². The van der Waals surface area contributed by atoms with Crippen molar-refractivity contribution in [2.75, 3.05) is 0 Å². The van der Waals surface area contributed by atoms with Crippen molar-refractivity contribution in [1.29, 1.82) is 5.26 Å². The van der Waals surface area contributed by atoms with Crippen molar-refractivity contribution >= 4 is 0 Å². The average Bonchev–Trinajstić information content (AvgIpc) is 2.68. The Morgan fingerprint density at radius 3 is 2.33 bits per heavy atom. The summed E-state index contributed by atoms with van der Waals surface area (Å²) >= 11 is 0. The van der Waals surface area contributed by atoms with E-state index < -0.39 is 0 Å². The molecular weight excluding hydrogens is 220 g/mol. The number of hydrogen-bond acceptors (Lipinski definition) is 2. The van der Waals surface area contributed by atoms with Crippen molar-refractivity contribution in [1.82, 2.24) is 4.90 Å². The first-order valence-corrected chi connectivity index (χ1v) is 7.09. The number of nitriles is 1. The Hall–Kier alpha value is -1.33. The lowest BCUT2D eigenvalue weighted by molar-refractivity contribution is 0.154. The third kappa shape index (κ3) is 2.15. The third-order valence-electron chi connectivity index (χ3n) is 4.48. The highest BCUT2D eigenvalue weighted by atomic mass is 15.2. The summed E-state index contributed by atoms with van der Waals surface area (Å²) in [6.07, 6.45) is 6.11. The molecule has 2 aliphatic rings. The van der Waals surface area contributed by atoms with Gasteiger partial charge in [-0.05, 0) is 24.0 Å². The zero-order valence-corrected chi connectivity index (χ0v) is 10.8. The van der Waals surface area contributed by atoms with Crippen molar-refractivity contribution < 1.29 is 0 Å². The van der Waals surface area contributed by atoms with Crippen LogP contribution in [-0.2, 0) is 13.1 Å². The van der Waals surface area contributed by atoms with Crippen LogP contribution in [0.4, 0.5) is 0 Å². The molecule has 1 heterocycles. The molecule has 18 heavy (non-hydrogen) atoms. The summed E-state index contributed by atoms with van der Waals surface area (Å²) < 4.78 is 0. The van der Waals surface area contributed by atoms with Crippen LogP contribution >= 0.6 is 0 Å². The zero-order valence-electron chi connectivity index (χ0n) is 10.8. The van der Waals surface area contributed by atoms with Gasteiger partial charge in [0.25, 0.3) is 0 Å². The first kappa shape index (κ1) is 11.7. The predicted molar refractivity (Wildman–Crippen MR) is 71.7 cm³/mol. The Kier molecular flexibility index (Phi) is 3.34. The Balaban J connectivity index is 1.78. The SMILES string of the molecule is N#CC1CCCCCC1N1Cc2ccccc2C1. The second kappa shape index (κ2) is 5.12. The highest BCUT2D eigenvalue weighted by Gasteiger charge is 2.32. The summed E-state index contributed by atoms with van der Waals surface area (Å²) in [4.78, 5) is 2.53. The van der Waals surface area contributed by atoms with Gasteiger partial charge in [-0.3, -0.25) is 4.90 Å². The molecule has 2 unspecified atom stereocenters. The van der Waals surface area contributed by atoms with E-state index in [-0.39, 0.29) is 5.92 Å². The summed E-state index contributed by atoms with van der Waals surface area (Å²) in [5, 5.41) is 9.39. The second-order valence-corrected chi connectivity index (χ2v) is 5.61. The highest BCUT2D eigenvalue weighted by molar-refractivity contribution is 5.30. The van der Waals surface area contributed by atoms with Crippen LogP contribution < -0.4 is 0 Å². The minimum atomic E-state index is 0.238. The lowest BCUT2D eigenvalue weighted by Gasteiger charge is -2.29. The molecule has 0 amide bonds. The molecule has 0 aromatic heterocycles. The molecule has 0 radical (unpaired) electrons. The second-order valence-electron chi connectivity index (χ2n) is 5.61. The van der Waals surface area contributed by atoms with Crippen molar-refractivity contribution in [2.45, 2.75) is 51.2 Å². The minimum absolute atomic E-state index is 0.238. The van der Waals surface area contributed by atoms with Crippen LogP contribution in [0.1, 0.15) is 43.2 Å². The summed E-state index contributed by atoms with van der Waals surface area (Å²) in [5.41, 5.74) is 2.91. The largest absolute Gasteiger partial charge is 0.291 e. The molecule has 2 nitrogen and oxygen atoms in total. The summed E-state index contributed by atoms with van der Waals surface area (Å²) in [7, 11) is 0. The maximum absolute atomic E-state index is 9.39. The van der Waals surface area contributed by atoms with Gasteiger partial charge in [0.15, 0.2) is 0 Å². The first-order valence-electron chi connectivity index (χ1n) is 7.09. The molecule has 0 spiro atoms. The molecule has 1 aliphatic carbocycles. The van der Waals surface area contributed by atoms with Gasteiger partial charge in [-0.2, -0.15) is 5.26 Å². The van der Waals surface area contributed by atoms with Gasteiger partial charge in [0.05, 0.1) is 12.0 Å². The number of benzene rings is 1. The molecule has 0 N–H and O–H groups in total. The molecule has 1 aromatic rings. The fourth-order valence-corrected chi connectivity index (χ4v) is 3.47. The van der Waals surface area contributed by atoms with Crippen LogP contribution in [-0.4, -0.2) is 10.9 Å². The molecule has 2 heteroatoms. The smallest absolute Gasteiger partial charge is 0.0672 e. The fraction of sp³-hybridized carbons (Fsp3) is 0.562. The maximum atomic E-state index is 9.39. The van der Waals surface area contributed by atoms with Gasteiger partial charge in [-0.15, -0.1) is 0 Å². The molecular formula is C16H20N2.